The van der Waals surface area contributed by atoms with Crippen LogP contribution in [0.4, 0.5) is 0 Å². The summed E-state index contributed by atoms with van der Waals surface area (Å²) in [7, 11) is 3.55. The number of nitrogens with one attached hydrogen (secondary N) is 2. The summed E-state index contributed by atoms with van der Waals surface area (Å²) in [6.07, 6.45) is 3.46. The van der Waals surface area contributed by atoms with Crippen LogP contribution in [0.2, 0.25) is 0 Å². The third-order valence-corrected chi connectivity index (χ3v) is 5.43. The normalized spacial score (nSPS) is 17.9. The second kappa shape index (κ2) is 13.5. The second-order valence-electron chi connectivity index (χ2n) is 8.77. The van der Waals surface area contributed by atoms with Crippen molar-refractivity contribution >= 4 is 5.96 Å². The fraction of sp³-hybridized carbons (Fsp3) is 0.708. The fourth-order valence-electron chi connectivity index (χ4n) is 3.97. The summed E-state index contributed by atoms with van der Waals surface area (Å²) >= 11 is 0. The first-order valence-electron chi connectivity index (χ1n) is 11.4. The molecule has 1 atom stereocenters. The number of aryl methyl sites for hydroxylation is 1. The van der Waals surface area contributed by atoms with Gasteiger partial charge in [0.05, 0.1) is 6.61 Å². The molecule has 1 heterocycles. The van der Waals surface area contributed by atoms with E-state index in [-0.39, 0.29) is 0 Å². The molecule has 30 heavy (non-hydrogen) atoms. The zero-order chi connectivity index (χ0) is 21.8. The van der Waals surface area contributed by atoms with Crippen LogP contribution in [0.25, 0.3) is 0 Å². The Labute approximate surface area is 183 Å². The van der Waals surface area contributed by atoms with Gasteiger partial charge < -0.3 is 25.0 Å². The van der Waals surface area contributed by atoms with E-state index in [0.29, 0.717) is 25.7 Å². The molecule has 6 nitrogen and oxygen atoms in total. The van der Waals surface area contributed by atoms with E-state index in [9.17, 15) is 0 Å². The first-order valence-corrected chi connectivity index (χ1v) is 11.4. The van der Waals surface area contributed by atoms with Gasteiger partial charge in [-0.05, 0) is 49.8 Å². The molecule has 2 N–H and O–H groups in total. The van der Waals surface area contributed by atoms with Gasteiger partial charge in [-0.1, -0.05) is 26.0 Å². The second-order valence-corrected chi connectivity index (χ2v) is 8.77. The number of ether oxygens (including phenoxy) is 2. The molecule has 1 saturated heterocycles. The summed E-state index contributed by atoms with van der Waals surface area (Å²) in [5.74, 6) is 3.19. The van der Waals surface area contributed by atoms with Crippen LogP contribution in [0.5, 0.6) is 5.75 Å². The standard InChI is InChI=1S/C24H42N4O2/c1-19(2)17-28-11-6-8-21(18-28)15-26-24(25-4)27-16-22-10-9-20(3)14-23(22)30-13-7-12-29-5/h9-10,14,19,21H,6-8,11-13,15-18H2,1-5H3,(H2,25,26,27). The van der Waals surface area contributed by atoms with E-state index in [1.54, 1.807) is 7.11 Å². The number of hydrogen-bond acceptors (Lipinski definition) is 4. The van der Waals surface area contributed by atoms with E-state index >= 15 is 0 Å². The third-order valence-electron chi connectivity index (χ3n) is 5.43. The molecular formula is C24H42N4O2. The van der Waals surface area contributed by atoms with Crippen molar-refractivity contribution in [2.75, 3.05) is 53.6 Å². The molecule has 2 rings (SSSR count). The SMILES string of the molecule is CN=C(NCc1ccc(C)cc1OCCCOC)NCC1CCCN(CC(C)C)C1. The summed E-state index contributed by atoms with van der Waals surface area (Å²) < 4.78 is 11.1. The highest BCUT2D eigenvalue weighted by atomic mass is 16.5. The number of guanidine groups is 1. The van der Waals surface area contributed by atoms with Gasteiger partial charge in [0, 0.05) is 58.9 Å². The molecule has 6 heteroatoms. The zero-order valence-corrected chi connectivity index (χ0v) is 19.7. The Kier molecular flexibility index (Phi) is 11.0. The Bertz CT molecular complexity index is 648. The van der Waals surface area contributed by atoms with E-state index in [0.717, 1.165) is 36.2 Å². The summed E-state index contributed by atoms with van der Waals surface area (Å²) in [6, 6.07) is 6.36. The Morgan fingerprint density at radius 1 is 1.27 bits per heavy atom. The van der Waals surface area contributed by atoms with E-state index in [1.165, 1.54) is 38.0 Å². The van der Waals surface area contributed by atoms with Gasteiger partial charge in [0.1, 0.15) is 5.75 Å². The molecule has 0 saturated carbocycles. The first kappa shape index (κ1) is 24.5. The predicted octanol–water partition coefficient (Wildman–Crippen LogP) is 3.44. The van der Waals surface area contributed by atoms with Crippen molar-refractivity contribution in [2.24, 2.45) is 16.8 Å². The molecule has 0 aliphatic carbocycles. The molecule has 1 aliphatic rings. The average Bonchev–Trinajstić information content (AvgIpc) is 2.72. The van der Waals surface area contributed by atoms with Crippen molar-refractivity contribution in [2.45, 2.75) is 46.6 Å². The van der Waals surface area contributed by atoms with Crippen molar-refractivity contribution in [3.8, 4) is 5.75 Å². The van der Waals surface area contributed by atoms with Crippen LogP contribution >= 0.6 is 0 Å². The molecule has 1 fully saturated rings. The number of piperidine rings is 1. The zero-order valence-electron chi connectivity index (χ0n) is 19.7. The molecule has 1 aliphatic heterocycles. The van der Waals surface area contributed by atoms with Crippen LogP contribution in [0.1, 0.15) is 44.2 Å². The molecule has 1 aromatic carbocycles. The lowest BCUT2D eigenvalue weighted by atomic mass is 9.97. The minimum atomic E-state index is 0.659. The summed E-state index contributed by atoms with van der Waals surface area (Å²) in [4.78, 5) is 7.02. The van der Waals surface area contributed by atoms with Crippen LogP contribution in [-0.4, -0.2) is 64.4 Å². The van der Waals surface area contributed by atoms with Gasteiger partial charge in [0.15, 0.2) is 5.96 Å². The lowest BCUT2D eigenvalue weighted by Gasteiger charge is -2.34. The molecule has 0 amide bonds. The lowest BCUT2D eigenvalue weighted by Crippen LogP contribution is -2.45. The highest BCUT2D eigenvalue weighted by Crippen LogP contribution is 2.21. The van der Waals surface area contributed by atoms with Crippen LogP contribution in [0.3, 0.4) is 0 Å². The maximum Gasteiger partial charge on any atom is 0.191 e. The highest BCUT2D eigenvalue weighted by Gasteiger charge is 2.20. The van der Waals surface area contributed by atoms with Crippen LogP contribution in [0, 0.1) is 18.8 Å². The van der Waals surface area contributed by atoms with Gasteiger partial charge in [-0.3, -0.25) is 4.99 Å². The number of nitrogens with zero attached hydrogens (tertiary/aromatic N) is 2. The fourth-order valence-corrected chi connectivity index (χ4v) is 3.97. The molecular weight excluding hydrogens is 376 g/mol. The first-order chi connectivity index (χ1) is 14.5. The topological polar surface area (TPSA) is 58.1 Å². The van der Waals surface area contributed by atoms with E-state index in [2.05, 4.69) is 59.5 Å². The Balaban J connectivity index is 1.82. The lowest BCUT2D eigenvalue weighted by molar-refractivity contribution is 0.159. The Hall–Kier alpha value is -1.79. The van der Waals surface area contributed by atoms with Crippen LogP contribution < -0.4 is 15.4 Å². The third kappa shape index (κ3) is 8.92. The number of aliphatic imine (C=N–C) groups is 1. The van der Waals surface area contributed by atoms with E-state index < -0.39 is 0 Å². The summed E-state index contributed by atoms with van der Waals surface area (Å²) in [5, 5.41) is 6.98. The number of rotatable bonds is 11. The molecule has 1 aromatic rings. The van der Waals surface area contributed by atoms with E-state index in [1.807, 2.05) is 7.05 Å². The van der Waals surface area contributed by atoms with Gasteiger partial charge in [-0.25, -0.2) is 0 Å². The minimum Gasteiger partial charge on any atom is -0.493 e. The van der Waals surface area contributed by atoms with Gasteiger partial charge in [-0.15, -0.1) is 0 Å². The predicted molar refractivity (Wildman–Crippen MR) is 125 cm³/mol. The van der Waals surface area contributed by atoms with Crippen molar-refractivity contribution in [3.05, 3.63) is 29.3 Å². The van der Waals surface area contributed by atoms with Crippen molar-refractivity contribution in [1.29, 1.82) is 0 Å². The van der Waals surface area contributed by atoms with Crippen molar-refractivity contribution in [1.82, 2.24) is 15.5 Å². The monoisotopic (exact) mass is 418 g/mol. The highest BCUT2D eigenvalue weighted by molar-refractivity contribution is 5.79. The molecule has 0 aromatic heterocycles. The van der Waals surface area contributed by atoms with Crippen LogP contribution in [-0.2, 0) is 11.3 Å². The number of hydrogen-bond donors (Lipinski definition) is 2. The molecule has 0 spiro atoms. The quantitative estimate of drug-likeness (QED) is 0.327. The van der Waals surface area contributed by atoms with Gasteiger partial charge >= 0.3 is 0 Å². The number of methoxy groups -OCH3 is 1. The molecule has 1 unspecified atom stereocenters. The van der Waals surface area contributed by atoms with Gasteiger partial charge in [-0.2, -0.15) is 0 Å². The molecule has 170 valence electrons. The number of benzene rings is 1. The summed E-state index contributed by atoms with van der Waals surface area (Å²) in [6.45, 7) is 13.3. The van der Waals surface area contributed by atoms with Crippen molar-refractivity contribution in [3.63, 3.8) is 0 Å². The Morgan fingerprint density at radius 2 is 2.10 bits per heavy atom. The smallest absolute Gasteiger partial charge is 0.191 e. The molecule has 0 bridgehead atoms. The minimum absolute atomic E-state index is 0.659. The number of likely N-dealkylation sites (tertiary alicyclic amines) is 1. The van der Waals surface area contributed by atoms with Crippen LogP contribution in [0.15, 0.2) is 23.2 Å². The molecule has 0 radical (unpaired) electrons. The van der Waals surface area contributed by atoms with Gasteiger partial charge in [0.25, 0.3) is 0 Å². The maximum atomic E-state index is 6.00. The van der Waals surface area contributed by atoms with Gasteiger partial charge in [0.2, 0.25) is 0 Å². The average molecular weight is 419 g/mol. The Morgan fingerprint density at radius 3 is 2.83 bits per heavy atom. The largest absolute Gasteiger partial charge is 0.493 e. The van der Waals surface area contributed by atoms with Crippen molar-refractivity contribution < 1.29 is 9.47 Å². The van der Waals surface area contributed by atoms with E-state index in [4.69, 9.17) is 9.47 Å². The maximum absolute atomic E-state index is 6.00. The summed E-state index contributed by atoms with van der Waals surface area (Å²) in [5.41, 5.74) is 2.34.